The lowest BCUT2D eigenvalue weighted by atomic mass is 9.74. The van der Waals surface area contributed by atoms with Crippen LogP contribution < -0.4 is 15.5 Å². The summed E-state index contributed by atoms with van der Waals surface area (Å²) in [5.74, 6) is 0.572. The minimum atomic E-state index is -1.00. The molecule has 11 heteroatoms. The molecule has 36 heavy (non-hydrogen) atoms. The molecule has 1 aromatic heterocycles. The molecular formula is C25H32N6O5. The first-order valence-corrected chi connectivity index (χ1v) is 12.0. The number of aromatic nitrogens is 2. The van der Waals surface area contributed by atoms with Crippen LogP contribution in [0.5, 0.6) is 0 Å². The molecule has 1 aromatic carbocycles. The molecule has 1 atom stereocenters. The summed E-state index contributed by atoms with van der Waals surface area (Å²) in [4.78, 5) is 48.9. The largest absolute Gasteiger partial charge is 0.465 e. The van der Waals surface area contributed by atoms with Crippen LogP contribution in [0.4, 0.5) is 21.1 Å². The van der Waals surface area contributed by atoms with Crippen LogP contribution in [0.2, 0.25) is 0 Å². The molecule has 3 N–H and O–H groups in total. The highest BCUT2D eigenvalue weighted by Crippen LogP contribution is 2.44. The standard InChI is InChI=1S/C25H32N6O5/c1-5-26-23(33)27-16-8-6-15(7-9-16)21-28-18-13-31(24(34)35)12-17(25(2,3)4)20(18)22(29-21)30-10-11-36-19(32)14-30/h6-9,17H,5,10-14H2,1-4H3,(H,34,35)(H2,26,27,33). The van der Waals surface area contributed by atoms with E-state index in [1.165, 1.54) is 4.90 Å². The topological polar surface area (TPSA) is 137 Å². The Morgan fingerprint density at radius 3 is 2.50 bits per heavy atom. The molecule has 1 unspecified atom stereocenters. The van der Waals surface area contributed by atoms with E-state index in [9.17, 15) is 19.5 Å². The number of ether oxygens (including phenoxy) is 1. The number of esters is 1. The summed E-state index contributed by atoms with van der Waals surface area (Å²) in [6, 6.07) is 6.82. The summed E-state index contributed by atoms with van der Waals surface area (Å²) in [5.41, 5.74) is 2.57. The van der Waals surface area contributed by atoms with E-state index in [-0.39, 0.29) is 43.0 Å². The maximum absolute atomic E-state index is 12.1. The van der Waals surface area contributed by atoms with Crippen molar-refractivity contribution in [3.05, 3.63) is 35.5 Å². The number of hydrogen-bond donors (Lipinski definition) is 3. The second-order valence-electron chi connectivity index (χ2n) is 10.0. The van der Waals surface area contributed by atoms with Crippen LogP contribution in [0, 0.1) is 5.41 Å². The zero-order chi connectivity index (χ0) is 26.0. The van der Waals surface area contributed by atoms with Crippen molar-refractivity contribution in [2.24, 2.45) is 5.41 Å². The van der Waals surface area contributed by atoms with E-state index < -0.39 is 6.09 Å². The molecule has 3 amide bonds. The number of benzene rings is 1. The molecule has 192 valence electrons. The van der Waals surface area contributed by atoms with E-state index in [1.807, 2.05) is 11.8 Å². The van der Waals surface area contributed by atoms with Gasteiger partial charge in [0.1, 0.15) is 19.0 Å². The number of rotatable bonds is 4. The first kappa shape index (κ1) is 25.2. The lowest BCUT2D eigenvalue weighted by molar-refractivity contribution is -0.143. The minimum Gasteiger partial charge on any atom is -0.465 e. The highest BCUT2D eigenvalue weighted by molar-refractivity contribution is 5.89. The van der Waals surface area contributed by atoms with Gasteiger partial charge in [-0.3, -0.25) is 4.79 Å². The van der Waals surface area contributed by atoms with Crippen LogP contribution in [0.15, 0.2) is 24.3 Å². The second kappa shape index (κ2) is 10.00. The molecule has 4 rings (SSSR count). The van der Waals surface area contributed by atoms with Crippen LogP contribution in [0.1, 0.15) is 44.9 Å². The number of cyclic esters (lactones) is 1. The number of urea groups is 1. The van der Waals surface area contributed by atoms with E-state index in [0.717, 1.165) is 5.56 Å². The predicted molar refractivity (Wildman–Crippen MR) is 134 cm³/mol. The molecule has 1 saturated heterocycles. The molecule has 2 aromatic rings. The summed E-state index contributed by atoms with van der Waals surface area (Å²) in [6.07, 6.45) is -1.00. The number of hydrogen-bond acceptors (Lipinski definition) is 7. The second-order valence-corrected chi connectivity index (χ2v) is 10.0. The first-order chi connectivity index (χ1) is 17.1. The van der Waals surface area contributed by atoms with E-state index in [1.54, 1.807) is 24.3 Å². The number of anilines is 2. The van der Waals surface area contributed by atoms with E-state index in [0.29, 0.717) is 48.2 Å². The molecular weight excluding hydrogens is 464 g/mol. The zero-order valence-electron chi connectivity index (χ0n) is 21.0. The number of carbonyl (C=O) groups excluding carboxylic acids is 2. The highest BCUT2D eigenvalue weighted by Gasteiger charge is 2.40. The summed E-state index contributed by atoms with van der Waals surface area (Å²) >= 11 is 0. The van der Waals surface area contributed by atoms with Gasteiger partial charge in [0, 0.05) is 35.8 Å². The Morgan fingerprint density at radius 1 is 1.17 bits per heavy atom. The summed E-state index contributed by atoms with van der Waals surface area (Å²) in [5, 5.41) is 15.2. The summed E-state index contributed by atoms with van der Waals surface area (Å²) in [6.45, 7) is 9.82. The van der Waals surface area contributed by atoms with Crippen LogP contribution >= 0.6 is 0 Å². The van der Waals surface area contributed by atoms with E-state index >= 15 is 0 Å². The number of nitrogens with one attached hydrogen (secondary N) is 2. The quantitative estimate of drug-likeness (QED) is 0.549. The average Bonchev–Trinajstić information content (AvgIpc) is 2.82. The van der Waals surface area contributed by atoms with Crippen LogP contribution in [0.25, 0.3) is 11.4 Å². The minimum absolute atomic E-state index is 0.0673. The fourth-order valence-corrected chi connectivity index (χ4v) is 4.53. The number of carbonyl (C=O) groups is 3. The summed E-state index contributed by atoms with van der Waals surface area (Å²) in [7, 11) is 0. The van der Waals surface area contributed by atoms with Gasteiger partial charge in [0.2, 0.25) is 0 Å². The van der Waals surface area contributed by atoms with Crippen molar-refractivity contribution in [1.82, 2.24) is 20.2 Å². The number of carboxylic acid groups (broad SMARTS) is 1. The smallest absolute Gasteiger partial charge is 0.407 e. The van der Waals surface area contributed by atoms with Gasteiger partial charge in [-0.05, 0) is 36.6 Å². The highest BCUT2D eigenvalue weighted by atomic mass is 16.5. The van der Waals surface area contributed by atoms with Crippen LogP contribution in [-0.2, 0) is 16.1 Å². The van der Waals surface area contributed by atoms with Gasteiger partial charge in [0.15, 0.2) is 5.82 Å². The van der Waals surface area contributed by atoms with Crippen molar-refractivity contribution in [3.63, 3.8) is 0 Å². The van der Waals surface area contributed by atoms with Crippen molar-refractivity contribution in [1.29, 1.82) is 0 Å². The van der Waals surface area contributed by atoms with Crippen molar-refractivity contribution < 1.29 is 24.2 Å². The average molecular weight is 497 g/mol. The Morgan fingerprint density at radius 2 is 1.89 bits per heavy atom. The number of fused-ring (bicyclic) bond motifs is 1. The monoisotopic (exact) mass is 496 g/mol. The molecule has 1 fully saturated rings. The zero-order valence-corrected chi connectivity index (χ0v) is 21.0. The fraction of sp³-hybridized carbons (Fsp3) is 0.480. The lowest BCUT2D eigenvalue weighted by Crippen LogP contribution is -2.45. The fourth-order valence-electron chi connectivity index (χ4n) is 4.53. The van der Waals surface area contributed by atoms with Crippen molar-refractivity contribution >= 4 is 29.6 Å². The maximum atomic E-state index is 12.1. The molecule has 0 spiro atoms. The van der Waals surface area contributed by atoms with Crippen molar-refractivity contribution in [2.75, 3.05) is 43.0 Å². The number of morpholine rings is 1. The normalized spacial score (nSPS) is 17.8. The Labute approximate surface area is 209 Å². The Hall–Kier alpha value is -3.89. The van der Waals surface area contributed by atoms with Gasteiger partial charge in [-0.2, -0.15) is 0 Å². The van der Waals surface area contributed by atoms with Gasteiger partial charge < -0.3 is 30.3 Å². The Kier molecular flexibility index (Phi) is 7.00. The Balaban J connectivity index is 1.80. The third kappa shape index (κ3) is 5.34. The van der Waals surface area contributed by atoms with Crippen molar-refractivity contribution in [3.8, 4) is 11.4 Å². The number of amides is 3. The van der Waals surface area contributed by atoms with Gasteiger partial charge in [0.05, 0.1) is 18.8 Å². The van der Waals surface area contributed by atoms with Gasteiger partial charge in [-0.15, -0.1) is 0 Å². The Bertz CT molecular complexity index is 1160. The van der Waals surface area contributed by atoms with Gasteiger partial charge in [-0.1, -0.05) is 20.8 Å². The number of nitrogens with zero attached hydrogens (tertiary/aromatic N) is 4. The van der Waals surface area contributed by atoms with Crippen LogP contribution in [0.3, 0.4) is 0 Å². The van der Waals surface area contributed by atoms with Crippen LogP contribution in [-0.4, -0.2) is 70.9 Å². The molecule has 11 nitrogen and oxygen atoms in total. The molecule has 2 aliphatic heterocycles. The molecule has 0 aliphatic carbocycles. The molecule has 3 heterocycles. The van der Waals surface area contributed by atoms with Gasteiger partial charge >= 0.3 is 18.1 Å². The van der Waals surface area contributed by atoms with E-state index in [2.05, 4.69) is 31.4 Å². The molecule has 0 radical (unpaired) electrons. The van der Waals surface area contributed by atoms with Gasteiger partial charge in [-0.25, -0.2) is 19.6 Å². The predicted octanol–water partition coefficient (Wildman–Crippen LogP) is 3.27. The lowest BCUT2D eigenvalue weighted by Gasteiger charge is -2.42. The third-order valence-electron chi connectivity index (χ3n) is 6.39. The SMILES string of the molecule is CCNC(=O)Nc1ccc(-c2nc3c(c(N4CCOC(=O)C4)n2)C(C(C)(C)C)CN(C(=O)O)C3)cc1. The molecule has 0 saturated carbocycles. The molecule has 2 aliphatic rings. The first-order valence-electron chi connectivity index (χ1n) is 12.0. The summed E-state index contributed by atoms with van der Waals surface area (Å²) < 4.78 is 5.14. The molecule has 0 bridgehead atoms. The third-order valence-corrected chi connectivity index (χ3v) is 6.39. The van der Waals surface area contributed by atoms with Gasteiger partial charge in [0.25, 0.3) is 0 Å². The van der Waals surface area contributed by atoms with Crippen molar-refractivity contribution in [2.45, 2.75) is 40.2 Å². The maximum Gasteiger partial charge on any atom is 0.407 e. The van der Waals surface area contributed by atoms with E-state index in [4.69, 9.17) is 14.7 Å².